The van der Waals surface area contributed by atoms with Crippen LogP contribution in [0.2, 0.25) is 5.02 Å². The molecule has 10 heteroatoms. The van der Waals surface area contributed by atoms with Crippen LogP contribution in [0.4, 0.5) is 5.69 Å². The van der Waals surface area contributed by atoms with E-state index in [1.165, 1.54) is 17.0 Å². The van der Waals surface area contributed by atoms with Gasteiger partial charge in [0.05, 0.1) is 22.7 Å². The SMILES string of the molecule is CC[C@@H](C(=O)NC1CCCC1)N(Cc1cccc(OC)c1)C(=O)CN(c1ccccc1Cl)S(=O)(=O)c1ccc(C)cc1. The zero-order chi connectivity index (χ0) is 30.3. The zero-order valence-electron chi connectivity index (χ0n) is 24.3. The number of nitrogens with one attached hydrogen (secondary N) is 1. The number of aryl methyl sites for hydroxylation is 1. The predicted octanol–water partition coefficient (Wildman–Crippen LogP) is 5.72. The van der Waals surface area contributed by atoms with Crippen LogP contribution in [0, 0.1) is 6.92 Å². The average Bonchev–Trinajstić information content (AvgIpc) is 3.49. The summed E-state index contributed by atoms with van der Waals surface area (Å²) in [6.07, 6.45) is 4.27. The molecule has 3 aromatic carbocycles. The maximum Gasteiger partial charge on any atom is 0.264 e. The number of benzene rings is 3. The van der Waals surface area contributed by atoms with E-state index in [1.807, 2.05) is 26.0 Å². The first kappa shape index (κ1) is 31.4. The molecule has 4 rings (SSSR count). The van der Waals surface area contributed by atoms with E-state index in [1.54, 1.807) is 55.6 Å². The van der Waals surface area contributed by atoms with Crippen molar-refractivity contribution in [1.29, 1.82) is 0 Å². The molecule has 1 fully saturated rings. The molecule has 1 atom stereocenters. The van der Waals surface area contributed by atoms with Gasteiger partial charge in [0.15, 0.2) is 0 Å². The van der Waals surface area contributed by atoms with Crippen LogP contribution < -0.4 is 14.4 Å². The zero-order valence-corrected chi connectivity index (χ0v) is 25.8. The van der Waals surface area contributed by atoms with Crippen molar-refractivity contribution in [3.05, 3.63) is 88.9 Å². The molecule has 0 aliphatic heterocycles. The summed E-state index contributed by atoms with van der Waals surface area (Å²) in [4.78, 5) is 29.3. The van der Waals surface area contributed by atoms with E-state index in [-0.39, 0.29) is 34.1 Å². The average molecular weight is 612 g/mol. The largest absolute Gasteiger partial charge is 0.497 e. The van der Waals surface area contributed by atoms with E-state index in [0.29, 0.717) is 12.2 Å². The first-order valence-electron chi connectivity index (χ1n) is 14.2. The second kappa shape index (κ2) is 14.1. The molecule has 0 spiro atoms. The van der Waals surface area contributed by atoms with Gasteiger partial charge < -0.3 is 15.0 Å². The number of sulfonamides is 1. The topological polar surface area (TPSA) is 96.0 Å². The summed E-state index contributed by atoms with van der Waals surface area (Å²) in [7, 11) is -2.64. The van der Waals surface area contributed by atoms with Crippen molar-refractivity contribution in [2.24, 2.45) is 0 Å². The van der Waals surface area contributed by atoms with E-state index in [9.17, 15) is 18.0 Å². The molecule has 1 saturated carbocycles. The van der Waals surface area contributed by atoms with Gasteiger partial charge in [-0.1, -0.05) is 73.3 Å². The van der Waals surface area contributed by atoms with Crippen LogP contribution in [0.1, 0.15) is 50.2 Å². The Hall–Kier alpha value is -3.56. The number of para-hydroxylation sites is 1. The fourth-order valence-corrected chi connectivity index (χ4v) is 6.98. The van der Waals surface area contributed by atoms with Crippen LogP contribution in [0.5, 0.6) is 5.75 Å². The highest BCUT2D eigenvalue weighted by Crippen LogP contribution is 2.31. The number of ether oxygens (including phenoxy) is 1. The van der Waals surface area contributed by atoms with E-state index in [2.05, 4.69) is 5.32 Å². The van der Waals surface area contributed by atoms with E-state index in [0.717, 1.165) is 41.1 Å². The van der Waals surface area contributed by atoms with Crippen LogP contribution in [-0.4, -0.2) is 50.9 Å². The maximum atomic E-state index is 14.2. The molecule has 1 N–H and O–H groups in total. The van der Waals surface area contributed by atoms with Gasteiger partial charge in [-0.15, -0.1) is 0 Å². The van der Waals surface area contributed by atoms with Gasteiger partial charge >= 0.3 is 0 Å². The van der Waals surface area contributed by atoms with Crippen molar-refractivity contribution in [1.82, 2.24) is 10.2 Å². The summed E-state index contributed by atoms with van der Waals surface area (Å²) in [5.74, 6) is -0.156. The lowest BCUT2D eigenvalue weighted by molar-refractivity contribution is -0.140. The summed E-state index contributed by atoms with van der Waals surface area (Å²) in [6.45, 7) is 3.26. The third kappa shape index (κ3) is 7.44. The van der Waals surface area contributed by atoms with Crippen LogP contribution >= 0.6 is 11.6 Å². The van der Waals surface area contributed by atoms with Gasteiger partial charge in [-0.05, 0) is 68.1 Å². The number of carbonyl (C=O) groups is 2. The lowest BCUT2D eigenvalue weighted by Crippen LogP contribution is -2.53. The molecule has 1 aliphatic rings. The van der Waals surface area contributed by atoms with Crippen molar-refractivity contribution < 1.29 is 22.7 Å². The van der Waals surface area contributed by atoms with Gasteiger partial charge in [-0.25, -0.2) is 8.42 Å². The van der Waals surface area contributed by atoms with Crippen molar-refractivity contribution >= 4 is 39.1 Å². The van der Waals surface area contributed by atoms with Crippen molar-refractivity contribution in [2.75, 3.05) is 18.0 Å². The molecule has 0 saturated heterocycles. The Morgan fingerprint density at radius 3 is 2.36 bits per heavy atom. The van der Waals surface area contributed by atoms with E-state index < -0.39 is 28.5 Å². The van der Waals surface area contributed by atoms with Crippen LogP contribution in [0.3, 0.4) is 0 Å². The molecule has 8 nitrogen and oxygen atoms in total. The Balaban J connectivity index is 1.73. The van der Waals surface area contributed by atoms with Gasteiger partial charge in [-0.3, -0.25) is 13.9 Å². The van der Waals surface area contributed by atoms with Crippen molar-refractivity contribution in [3.63, 3.8) is 0 Å². The summed E-state index contributed by atoms with van der Waals surface area (Å²) < 4.78 is 34.4. The molecule has 224 valence electrons. The van der Waals surface area contributed by atoms with Gasteiger partial charge in [0.25, 0.3) is 10.0 Å². The molecule has 3 aromatic rings. The maximum absolute atomic E-state index is 14.2. The smallest absolute Gasteiger partial charge is 0.264 e. The third-order valence-corrected chi connectivity index (χ3v) is 9.68. The number of halogens is 1. The number of hydrogen-bond acceptors (Lipinski definition) is 5. The number of amides is 2. The first-order chi connectivity index (χ1) is 20.1. The van der Waals surface area contributed by atoms with Crippen LogP contribution in [0.25, 0.3) is 0 Å². The van der Waals surface area contributed by atoms with Gasteiger partial charge in [-0.2, -0.15) is 0 Å². The number of anilines is 1. The van der Waals surface area contributed by atoms with Crippen LogP contribution in [0.15, 0.2) is 77.7 Å². The Morgan fingerprint density at radius 2 is 1.71 bits per heavy atom. The standard InChI is InChI=1S/C32H38ClN3O5S/c1-4-29(32(38)34-25-11-5-6-12-25)35(21-24-10-9-13-26(20-24)41-3)31(37)22-36(30-15-8-7-14-28(30)33)42(39,40)27-18-16-23(2)17-19-27/h7-10,13-20,25,29H,4-6,11-12,21-22H2,1-3H3,(H,34,38)/t29-/m0/s1. The van der Waals surface area contributed by atoms with Gasteiger partial charge in [0.2, 0.25) is 11.8 Å². The monoisotopic (exact) mass is 611 g/mol. The molecule has 1 aliphatic carbocycles. The Kier molecular flexibility index (Phi) is 10.5. The minimum atomic E-state index is -4.20. The normalized spacial score (nSPS) is 14.3. The highest BCUT2D eigenvalue weighted by Gasteiger charge is 2.35. The molecule has 0 bridgehead atoms. The molecule has 42 heavy (non-hydrogen) atoms. The number of nitrogens with zero attached hydrogens (tertiary/aromatic N) is 2. The summed E-state index contributed by atoms with van der Waals surface area (Å²) in [5.41, 5.74) is 1.83. The highest BCUT2D eigenvalue weighted by molar-refractivity contribution is 7.92. The lowest BCUT2D eigenvalue weighted by atomic mass is 10.1. The minimum absolute atomic E-state index is 0.0335. The number of methoxy groups -OCH3 is 1. The summed E-state index contributed by atoms with van der Waals surface area (Å²) in [6, 6.07) is 19.5. The van der Waals surface area contributed by atoms with Gasteiger partial charge in [0.1, 0.15) is 18.3 Å². The number of carbonyl (C=O) groups excluding carboxylic acids is 2. The molecule has 0 radical (unpaired) electrons. The predicted molar refractivity (Wildman–Crippen MR) is 165 cm³/mol. The Bertz CT molecular complexity index is 1490. The lowest BCUT2D eigenvalue weighted by Gasteiger charge is -2.34. The third-order valence-electron chi connectivity index (χ3n) is 7.58. The quantitative estimate of drug-likeness (QED) is 0.283. The molecule has 0 unspecified atom stereocenters. The van der Waals surface area contributed by atoms with Crippen LogP contribution in [-0.2, 0) is 26.2 Å². The van der Waals surface area contributed by atoms with E-state index >= 15 is 0 Å². The number of rotatable bonds is 12. The minimum Gasteiger partial charge on any atom is -0.497 e. The van der Waals surface area contributed by atoms with Crippen molar-refractivity contribution in [3.8, 4) is 5.75 Å². The second-order valence-electron chi connectivity index (χ2n) is 10.6. The highest BCUT2D eigenvalue weighted by atomic mass is 35.5. The second-order valence-corrected chi connectivity index (χ2v) is 12.8. The summed E-state index contributed by atoms with van der Waals surface area (Å²) in [5, 5.41) is 3.30. The van der Waals surface area contributed by atoms with E-state index in [4.69, 9.17) is 16.3 Å². The fraction of sp³-hybridized carbons (Fsp3) is 0.375. The molecular weight excluding hydrogens is 574 g/mol. The molecular formula is C32H38ClN3O5S. The van der Waals surface area contributed by atoms with Crippen molar-refractivity contribution in [2.45, 2.75) is 69.5 Å². The summed E-state index contributed by atoms with van der Waals surface area (Å²) >= 11 is 6.49. The number of hydrogen-bond donors (Lipinski definition) is 1. The molecule has 0 heterocycles. The Morgan fingerprint density at radius 1 is 1.02 bits per heavy atom. The molecule has 0 aromatic heterocycles. The first-order valence-corrected chi connectivity index (χ1v) is 16.0. The Labute approximate surface area is 253 Å². The fourth-order valence-electron chi connectivity index (χ4n) is 5.26. The van der Waals surface area contributed by atoms with Gasteiger partial charge in [0, 0.05) is 12.6 Å². The molecule has 2 amide bonds.